The fourth-order valence-electron chi connectivity index (χ4n) is 1.42. The standard InChI is InChI=1S/C10H14O/c1-2-5-9-6-3-4-7-10(11)8-9/h1,8,10-11H,3-7H2. The van der Waals surface area contributed by atoms with Crippen LogP contribution in [0.2, 0.25) is 0 Å². The van der Waals surface area contributed by atoms with Crippen molar-refractivity contribution in [2.45, 2.75) is 38.2 Å². The van der Waals surface area contributed by atoms with E-state index in [1.165, 1.54) is 12.0 Å². The molecule has 1 N–H and O–H groups in total. The minimum Gasteiger partial charge on any atom is -0.389 e. The first kappa shape index (κ1) is 8.36. The summed E-state index contributed by atoms with van der Waals surface area (Å²) in [6.07, 6.45) is 11.8. The summed E-state index contributed by atoms with van der Waals surface area (Å²) in [5, 5.41) is 9.34. The summed E-state index contributed by atoms with van der Waals surface area (Å²) in [5.41, 5.74) is 1.23. The van der Waals surface area contributed by atoms with Gasteiger partial charge in [-0.25, -0.2) is 0 Å². The molecular formula is C10H14O. The van der Waals surface area contributed by atoms with Crippen LogP contribution in [0.1, 0.15) is 32.1 Å². The SMILES string of the molecule is C#CCC1=CC(O)CCCC1. The molecular weight excluding hydrogens is 136 g/mol. The maximum absolute atomic E-state index is 9.34. The predicted molar refractivity (Wildman–Crippen MR) is 46.0 cm³/mol. The van der Waals surface area contributed by atoms with Crippen molar-refractivity contribution in [1.29, 1.82) is 0 Å². The van der Waals surface area contributed by atoms with Gasteiger partial charge in [-0.15, -0.1) is 12.3 Å². The molecule has 0 aromatic heterocycles. The Morgan fingerprint density at radius 3 is 3.18 bits per heavy atom. The highest BCUT2D eigenvalue weighted by molar-refractivity contribution is 5.13. The highest BCUT2D eigenvalue weighted by Gasteiger charge is 2.07. The quantitative estimate of drug-likeness (QED) is 0.447. The van der Waals surface area contributed by atoms with Crippen molar-refractivity contribution in [3.63, 3.8) is 0 Å². The molecule has 60 valence electrons. The average Bonchev–Trinajstić information content (AvgIpc) is 2.15. The van der Waals surface area contributed by atoms with Crippen LogP contribution in [0.4, 0.5) is 0 Å². The van der Waals surface area contributed by atoms with Gasteiger partial charge in [-0.3, -0.25) is 0 Å². The molecule has 0 bridgehead atoms. The van der Waals surface area contributed by atoms with Crippen LogP contribution in [0.25, 0.3) is 0 Å². The highest BCUT2D eigenvalue weighted by atomic mass is 16.3. The minimum absolute atomic E-state index is 0.249. The molecule has 0 spiro atoms. The fourth-order valence-corrected chi connectivity index (χ4v) is 1.42. The van der Waals surface area contributed by atoms with Crippen LogP contribution in [-0.2, 0) is 0 Å². The first-order chi connectivity index (χ1) is 5.33. The zero-order chi connectivity index (χ0) is 8.10. The number of hydrogen-bond donors (Lipinski definition) is 1. The molecule has 0 heterocycles. The predicted octanol–water partition coefficient (Wildman–Crippen LogP) is 1.87. The van der Waals surface area contributed by atoms with E-state index in [-0.39, 0.29) is 6.10 Å². The third-order valence-corrected chi connectivity index (χ3v) is 2.00. The first-order valence-corrected chi connectivity index (χ1v) is 4.14. The molecule has 0 saturated carbocycles. The van der Waals surface area contributed by atoms with E-state index >= 15 is 0 Å². The molecule has 1 aliphatic rings. The summed E-state index contributed by atoms with van der Waals surface area (Å²) in [4.78, 5) is 0. The normalized spacial score (nSPS) is 25.1. The van der Waals surface area contributed by atoms with Gasteiger partial charge in [0.15, 0.2) is 0 Å². The number of aliphatic hydroxyl groups is 1. The van der Waals surface area contributed by atoms with Gasteiger partial charge in [0, 0.05) is 6.42 Å². The van der Waals surface area contributed by atoms with Crippen molar-refractivity contribution < 1.29 is 5.11 Å². The van der Waals surface area contributed by atoms with E-state index in [0.717, 1.165) is 19.3 Å². The molecule has 1 heteroatoms. The Labute approximate surface area is 68.1 Å². The van der Waals surface area contributed by atoms with Gasteiger partial charge in [-0.05, 0) is 19.3 Å². The van der Waals surface area contributed by atoms with Crippen molar-refractivity contribution in [2.24, 2.45) is 0 Å². The molecule has 0 aliphatic heterocycles. The summed E-state index contributed by atoms with van der Waals surface area (Å²) < 4.78 is 0. The Kier molecular flexibility index (Phi) is 3.19. The van der Waals surface area contributed by atoms with Gasteiger partial charge in [-0.1, -0.05) is 18.1 Å². The van der Waals surface area contributed by atoms with E-state index < -0.39 is 0 Å². The lowest BCUT2D eigenvalue weighted by atomic mass is 10.1. The van der Waals surface area contributed by atoms with E-state index in [9.17, 15) is 5.11 Å². The third kappa shape index (κ3) is 2.78. The number of hydrogen-bond acceptors (Lipinski definition) is 1. The van der Waals surface area contributed by atoms with Crippen molar-refractivity contribution in [1.82, 2.24) is 0 Å². The van der Waals surface area contributed by atoms with Gasteiger partial charge in [-0.2, -0.15) is 0 Å². The Bertz CT molecular complexity index is 186. The maximum atomic E-state index is 9.34. The van der Waals surface area contributed by atoms with Gasteiger partial charge < -0.3 is 5.11 Å². The molecule has 1 aliphatic carbocycles. The molecule has 0 aromatic rings. The second-order valence-electron chi connectivity index (χ2n) is 3.02. The monoisotopic (exact) mass is 150 g/mol. The first-order valence-electron chi connectivity index (χ1n) is 4.14. The third-order valence-electron chi connectivity index (χ3n) is 2.00. The van der Waals surface area contributed by atoms with Gasteiger partial charge in [0.05, 0.1) is 6.10 Å². The van der Waals surface area contributed by atoms with E-state index in [1.807, 2.05) is 6.08 Å². The number of aliphatic hydroxyl groups excluding tert-OH is 1. The van der Waals surface area contributed by atoms with Crippen LogP contribution in [0, 0.1) is 12.3 Å². The van der Waals surface area contributed by atoms with Crippen molar-refractivity contribution in [3.8, 4) is 12.3 Å². The van der Waals surface area contributed by atoms with E-state index in [2.05, 4.69) is 5.92 Å². The van der Waals surface area contributed by atoms with Crippen molar-refractivity contribution >= 4 is 0 Å². The maximum Gasteiger partial charge on any atom is 0.0723 e. The Hall–Kier alpha value is -0.740. The number of rotatable bonds is 1. The largest absolute Gasteiger partial charge is 0.389 e. The Morgan fingerprint density at radius 2 is 2.45 bits per heavy atom. The molecule has 0 radical (unpaired) electrons. The average molecular weight is 150 g/mol. The Balaban J connectivity index is 2.53. The summed E-state index contributed by atoms with van der Waals surface area (Å²) in [7, 11) is 0. The molecule has 0 aromatic carbocycles. The lowest BCUT2D eigenvalue weighted by Gasteiger charge is -2.00. The number of allylic oxidation sites excluding steroid dienone is 1. The second-order valence-corrected chi connectivity index (χ2v) is 3.02. The molecule has 0 fully saturated rings. The molecule has 0 saturated heterocycles. The van der Waals surface area contributed by atoms with Crippen molar-refractivity contribution in [3.05, 3.63) is 11.6 Å². The second kappa shape index (κ2) is 4.20. The van der Waals surface area contributed by atoms with Gasteiger partial charge in [0.2, 0.25) is 0 Å². The van der Waals surface area contributed by atoms with Crippen LogP contribution < -0.4 is 0 Å². The van der Waals surface area contributed by atoms with E-state index in [4.69, 9.17) is 6.42 Å². The van der Waals surface area contributed by atoms with Gasteiger partial charge in [0.1, 0.15) is 0 Å². The zero-order valence-electron chi connectivity index (χ0n) is 6.71. The summed E-state index contributed by atoms with van der Waals surface area (Å²) in [6, 6.07) is 0. The van der Waals surface area contributed by atoms with Crippen LogP contribution in [0.5, 0.6) is 0 Å². The van der Waals surface area contributed by atoms with Crippen molar-refractivity contribution in [2.75, 3.05) is 0 Å². The smallest absolute Gasteiger partial charge is 0.0723 e. The van der Waals surface area contributed by atoms with Crippen LogP contribution in [0.15, 0.2) is 11.6 Å². The summed E-state index contributed by atoms with van der Waals surface area (Å²) >= 11 is 0. The fraction of sp³-hybridized carbons (Fsp3) is 0.600. The molecule has 1 atom stereocenters. The molecule has 1 nitrogen and oxygen atoms in total. The zero-order valence-corrected chi connectivity index (χ0v) is 6.71. The molecule has 0 amide bonds. The minimum atomic E-state index is -0.249. The van der Waals surface area contributed by atoms with Crippen LogP contribution in [-0.4, -0.2) is 11.2 Å². The topological polar surface area (TPSA) is 20.2 Å². The number of terminal acetylenes is 1. The highest BCUT2D eigenvalue weighted by Crippen LogP contribution is 2.19. The lowest BCUT2D eigenvalue weighted by molar-refractivity contribution is 0.211. The summed E-state index contributed by atoms with van der Waals surface area (Å²) in [6.45, 7) is 0. The summed E-state index contributed by atoms with van der Waals surface area (Å²) in [5.74, 6) is 2.61. The molecule has 1 rings (SSSR count). The molecule has 1 unspecified atom stereocenters. The van der Waals surface area contributed by atoms with Gasteiger partial charge >= 0.3 is 0 Å². The Morgan fingerprint density at radius 1 is 1.64 bits per heavy atom. The molecule has 11 heavy (non-hydrogen) atoms. The van der Waals surface area contributed by atoms with E-state index in [0.29, 0.717) is 6.42 Å². The van der Waals surface area contributed by atoms with E-state index in [1.54, 1.807) is 0 Å². The van der Waals surface area contributed by atoms with Crippen LogP contribution in [0.3, 0.4) is 0 Å². The van der Waals surface area contributed by atoms with Gasteiger partial charge in [0.25, 0.3) is 0 Å². The lowest BCUT2D eigenvalue weighted by Crippen LogP contribution is -1.99. The van der Waals surface area contributed by atoms with Crippen LogP contribution >= 0.6 is 0 Å².